The third-order valence-electron chi connectivity index (χ3n) is 5.61. The van der Waals surface area contributed by atoms with Crippen LogP contribution in [0.4, 0.5) is 8.78 Å². The van der Waals surface area contributed by atoms with E-state index < -0.39 is 0 Å². The highest BCUT2D eigenvalue weighted by Gasteiger charge is 2.47. The van der Waals surface area contributed by atoms with E-state index in [4.69, 9.17) is 0 Å². The average Bonchev–Trinajstić information content (AvgIpc) is 3.02. The van der Waals surface area contributed by atoms with E-state index in [1.165, 1.54) is 34.9 Å². The van der Waals surface area contributed by atoms with E-state index in [2.05, 4.69) is 25.1 Å². The summed E-state index contributed by atoms with van der Waals surface area (Å²) in [7, 11) is 0. The minimum Gasteiger partial charge on any atom is -0.207 e. The van der Waals surface area contributed by atoms with Crippen molar-refractivity contribution in [2.75, 3.05) is 0 Å². The Kier molecular flexibility index (Phi) is 2.85. The fourth-order valence-corrected chi connectivity index (χ4v) is 4.59. The molecule has 0 aromatic heterocycles. The van der Waals surface area contributed by atoms with Crippen LogP contribution in [-0.2, 0) is 11.8 Å². The second kappa shape index (κ2) is 4.89. The first-order valence-corrected chi connectivity index (χ1v) is 8.47. The number of fused-ring (bicyclic) bond motifs is 5. The first-order valence-electron chi connectivity index (χ1n) is 8.47. The van der Waals surface area contributed by atoms with Crippen LogP contribution in [0.1, 0.15) is 34.7 Å². The molecule has 0 bridgehead atoms. The summed E-state index contributed by atoms with van der Waals surface area (Å²) in [6.07, 6.45) is 0.789. The summed E-state index contributed by atoms with van der Waals surface area (Å²) in [5, 5.41) is 0. The monoisotopic (exact) mass is 330 g/mol. The van der Waals surface area contributed by atoms with Crippen molar-refractivity contribution in [3.8, 4) is 0 Å². The highest BCUT2D eigenvalue weighted by atomic mass is 19.1. The summed E-state index contributed by atoms with van der Waals surface area (Å²) in [6, 6.07) is 20.1. The van der Waals surface area contributed by atoms with Gasteiger partial charge in [-0.3, -0.25) is 0 Å². The molecule has 2 heteroatoms. The van der Waals surface area contributed by atoms with Crippen molar-refractivity contribution in [2.24, 2.45) is 0 Å². The molecule has 0 spiro atoms. The second-order valence-electron chi connectivity index (χ2n) is 7.11. The molecular weight excluding hydrogens is 314 g/mol. The smallest absolute Gasteiger partial charge is 0.123 e. The second-order valence-corrected chi connectivity index (χ2v) is 7.11. The van der Waals surface area contributed by atoms with Crippen molar-refractivity contribution in [1.82, 2.24) is 0 Å². The summed E-state index contributed by atoms with van der Waals surface area (Å²) in [5.74, 6) is -0.433. The van der Waals surface area contributed by atoms with Crippen LogP contribution in [0, 0.1) is 11.6 Å². The molecule has 0 nitrogen and oxygen atoms in total. The summed E-state index contributed by atoms with van der Waals surface area (Å²) in [6.45, 7) is 2.23. The lowest BCUT2D eigenvalue weighted by Gasteiger charge is -2.23. The zero-order valence-corrected chi connectivity index (χ0v) is 13.8. The van der Waals surface area contributed by atoms with Gasteiger partial charge in [-0.05, 0) is 69.6 Å². The minimum atomic E-state index is -0.239. The normalized spacial score (nSPS) is 20.4. The third-order valence-corrected chi connectivity index (χ3v) is 5.61. The molecule has 0 amide bonds. The summed E-state index contributed by atoms with van der Waals surface area (Å²) >= 11 is 0. The van der Waals surface area contributed by atoms with Gasteiger partial charge in [0.15, 0.2) is 0 Å². The predicted molar refractivity (Wildman–Crippen MR) is 96.2 cm³/mol. The lowest BCUT2D eigenvalue weighted by molar-refractivity contribution is 0.618. The van der Waals surface area contributed by atoms with Gasteiger partial charge in [0.2, 0.25) is 0 Å². The SMILES string of the molecule is CC12Cc3cc(F)ccc3C1=C(c1ccc(F)cc1)c1ccccc12. The van der Waals surface area contributed by atoms with Crippen molar-refractivity contribution >= 4 is 11.1 Å². The molecule has 2 aliphatic rings. The van der Waals surface area contributed by atoms with Gasteiger partial charge in [0.05, 0.1) is 0 Å². The van der Waals surface area contributed by atoms with Crippen molar-refractivity contribution < 1.29 is 8.78 Å². The maximum Gasteiger partial charge on any atom is 0.123 e. The summed E-state index contributed by atoms with van der Waals surface area (Å²) in [4.78, 5) is 0. The van der Waals surface area contributed by atoms with E-state index >= 15 is 0 Å². The topological polar surface area (TPSA) is 0 Å². The van der Waals surface area contributed by atoms with Gasteiger partial charge in [-0.25, -0.2) is 8.78 Å². The molecule has 0 fully saturated rings. The van der Waals surface area contributed by atoms with E-state index in [0.717, 1.165) is 28.7 Å². The van der Waals surface area contributed by atoms with E-state index in [1.54, 1.807) is 6.07 Å². The Hall–Kier alpha value is -2.74. The Bertz CT molecular complexity index is 1040. The van der Waals surface area contributed by atoms with Gasteiger partial charge >= 0.3 is 0 Å². The van der Waals surface area contributed by atoms with Crippen LogP contribution in [0.25, 0.3) is 11.1 Å². The van der Waals surface area contributed by atoms with Crippen LogP contribution in [0.5, 0.6) is 0 Å². The maximum absolute atomic E-state index is 13.8. The average molecular weight is 330 g/mol. The highest BCUT2D eigenvalue weighted by molar-refractivity contribution is 6.09. The lowest BCUT2D eigenvalue weighted by atomic mass is 9.79. The van der Waals surface area contributed by atoms with Crippen LogP contribution < -0.4 is 0 Å². The third kappa shape index (κ3) is 1.91. The molecule has 1 atom stereocenters. The highest BCUT2D eigenvalue weighted by Crippen LogP contribution is 2.58. The Morgan fingerprint density at radius 1 is 0.800 bits per heavy atom. The maximum atomic E-state index is 13.8. The van der Waals surface area contributed by atoms with Crippen molar-refractivity contribution in [1.29, 1.82) is 0 Å². The fraction of sp³-hybridized carbons (Fsp3) is 0.130. The number of halogens is 2. The molecule has 0 saturated carbocycles. The van der Waals surface area contributed by atoms with Gasteiger partial charge in [0.25, 0.3) is 0 Å². The Morgan fingerprint density at radius 3 is 2.32 bits per heavy atom. The largest absolute Gasteiger partial charge is 0.207 e. The minimum absolute atomic E-state index is 0.170. The van der Waals surface area contributed by atoms with Gasteiger partial charge in [-0.15, -0.1) is 0 Å². The quantitative estimate of drug-likeness (QED) is 0.533. The zero-order valence-electron chi connectivity index (χ0n) is 13.8. The van der Waals surface area contributed by atoms with E-state index in [0.29, 0.717) is 0 Å². The van der Waals surface area contributed by atoms with Crippen molar-refractivity contribution in [3.63, 3.8) is 0 Å². The molecule has 3 aromatic carbocycles. The Morgan fingerprint density at radius 2 is 1.52 bits per heavy atom. The van der Waals surface area contributed by atoms with E-state index in [9.17, 15) is 8.78 Å². The van der Waals surface area contributed by atoms with Crippen molar-refractivity contribution in [2.45, 2.75) is 18.8 Å². The molecule has 5 rings (SSSR count). The van der Waals surface area contributed by atoms with E-state index in [-0.39, 0.29) is 17.0 Å². The van der Waals surface area contributed by atoms with Crippen LogP contribution in [0.2, 0.25) is 0 Å². The van der Waals surface area contributed by atoms with Crippen LogP contribution in [0.3, 0.4) is 0 Å². The first kappa shape index (κ1) is 14.6. The number of hydrogen-bond donors (Lipinski definition) is 0. The van der Waals surface area contributed by atoms with Gasteiger partial charge in [0.1, 0.15) is 11.6 Å². The standard InChI is InChI=1S/C23H16F2/c1-23-13-15-12-17(25)10-11-18(15)22(23)21(14-6-8-16(24)9-7-14)19-4-2-3-5-20(19)23/h2-12H,13H2,1H3. The van der Waals surface area contributed by atoms with E-state index in [1.807, 2.05) is 24.3 Å². The number of rotatable bonds is 1. The molecule has 1 unspecified atom stereocenters. The Balaban J connectivity index is 1.87. The molecule has 25 heavy (non-hydrogen) atoms. The molecule has 2 aliphatic carbocycles. The van der Waals surface area contributed by atoms with Crippen molar-refractivity contribution in [3.05, 3.63) is 106 Å². The van der Waals surface area contributed by atoms with Gasteiger partial charge < -0.3 is 0 Å². The lowest BCUT2D eigenvalue weighted by Crippen LogP contribution is -2.18. The first-order chi connectivity index (χ1) is 12.1. The molecule has 0 N–H and O–H groups in total. The van der Waals surface area contributed by atoms with Gasteiger partial charge in [0, 0.05) is 5.41 Å². The number of hydrogen-bond acceptors (Lipinski definition) is 0. The Labute approximate surface area is 145 Å². The molecule has 0 saturated heterocycles. The molecule has 0 radical (unpaired) electrons. The van der Waals surface area contributed by atoms with Crippen LogP contribution in [-0.4, -0.2) is 0 Å². The summed E-state index contributed by atoms with van der Waals surface area (Å²) < 4.78 is 27.2. The number of benzene rings is 3. The molecule has 3 aromatic rings. The molecular formula is C23H16F2. The van der Waals surface area contributed by atoms with Gasteiger partial charge in [-0.1, -0.05) is 49.4 Å². The molecule has 0 aliphatic heterocycles. The fourth-order valence-electron chi connectivity index (χ4n) is 4.59. The van der Waals surface area contributed by atoms with Crippen LogP contribution in [0.15, 0.2) is 66.7 Å². The predicted octanol–water partition coefficient (Wildman–Crippen LogP) is 5.75. The zero-order chi connectivity index (χ0) is 17.2. The number of allylic oxidation sites excluding steroid dienone is 1. The summed E-state index contributed by atoms with van der Waals surface area (Å²) in [5.41, 5.74) is 7.83. The molecule has 122 valence electrons. The molecule has 0 heterocycles. The van der Waals surface area contributed by atoms with Crippen LogP contribution >= 0.6 is 0 Å². The van der Waals surface area contributed by atoms with Gasteiger partial charge in [-0.2, -0.15) is 0 Å².